The van der Waals surface area contributed by atoms with Crippen molar-refractivity contribution in [2.45, 2.75) is 59.6 Å². The van der Waals surface area contributed by atoms with Gasteiger partial charge in [0.25, 0.3) is 0 Å². The maximum Gasteiger partial charge on any atom is 0.200 e. The van der Waals surface area contributed by atoms with Crippen LogP contribution >= 0.6 is 0 Å². The first kappa shape index (κ1) is 22.1. The maximum atomic E-state index is 10.6. The van der Waals surface area contributed by atoms with Crippen molar-refractivity contribution in [2.24, 2.45) is 0 Å². The van der Waals surface area contributed by atoms with Crippen LogP contribution in [0.5, 0.6) is 17.2 Å². The van der Waals surface area contributed by atoms with Crippen molar-refractivity contribution >= 4 is 0 Å². The molecule has 2 rings (SSSR count). The molecule has 5 nitrogen and oxygen atoms in total. The van der Waals surface area contributed by atoms with Crippen LogP contribution in [0.25, 0.3) is 0 Å². The van der Waals surface area contributed by atoms with Gasteiger partial charge in [0.1, 0.15) is 0 Å². The topological polar surface area (TPSA) is 82.0 Å². The van der Waals surface area contributed by atoms with Gasteiger partial charge in [0.05, 0.1) is 13.2 Å². The molecule has 5 heteroatoms. The molecule has 0 aromatic heterocycles. The fraction of sp³-hybridized carbons (Fsp3) is 0.478. The van der Waals surface area contributed by atoms with Crippen molar-refractivity contribution in [3.8, 4) is 17.2 Å². The summed E-state index contributed by atoms with van der Waals surface area (Å²) in [7, 11) is 1.40. The predicted molar refractivity (Wildman–Crippen MR) is 112 cm³/mol. The van der Waals surface area contributed by atoms with Crippen LogP contribution in [0.15, 0.2) is 18.2 Å². The molecule has 154 valence electrons. The lowest BCUT2D eigenvalue weighted by atomic mass is 9.85. The monoisotopic (exact) mass is 387 g/mol. The predicted octanol–water partition coefficient (Wildman–Crippen LogP) is 3.98. The molecule has 2 aromatic rings. The van der Waals surface area contributed by atoms with Gasteiger partial charge in [0.2, 0.25) is 5.75 Å². The number of aliphatic hydroxyl groups is 1. The minimum absolute atomic E-state index is 0.0908. The Kier molecular flexibility index (Phi) is 6.63. The fourth-order valence-electron chi connectivity index (χ4n) is 3.60. The van der Waals surface area contributed by atoms with Crippen molar-refractivity contribution in [3.63, 3.8) is 0 Å². The van der Waals surface area contributed by atoms with E-state index in [-0.39, 0.29) is 29.3 Å². The first-order valence-electron chi connectivity index (χ1n) is 9.56. The number of aryl methyl sites for hydroxylation is 2. The zero-order chi connectivity index (χ0) is 21.2. The maximum absolute atomic E-state index is 10.6. The van der Waals surface area contributed by atoms with Gasteiger partial charge in [-0.2, -0.15) is 0 Å². The Bertz CT molecular complexity index is 832. The van der Waals surface area contributed by atoms with E-state index in [1.54, 1.807) is 6.07 Å². The smallest absolute Gasteiger partial charge is 0.200 e. The molecule has 1 unspecified atom stereocenters. The van der Waals surface area contributed by atoms with Gasteiger partial charge in [-0.25, -0.2) is 0 Å². The summed E-state index contributed by atoms with van der Waals surface area (Å²) in [6, 6.07) is 5.14. The Morgan fingerprint density at radius 2 is 1.61 bits per heavy atom. The second-order valence-corrected chi connectivity index (χ2v) is 8.25. The third-order valence-electron chi connectivity index (χ3n) is 5.62. The quantitative estimate of drug-likeness (QED) is 0.540. The largest absolute Gasteiger partial charge is 0.504 e. The average Bonchev–Trinajstić information content (AvgIpc) is 2.64. The molecule has 0 spiro atoms. The van der Waals surface area contributed by atoms with E-state index in [0.717, 1.165) is 6.42 Å². The third kappa shape index (κ3) is 4.59. The molecule has 0 aliphatic rings. The van der Waals surface area contributed by atoms with Gasteiger partial charge in [-0.05, 0) is 87.9 Å². The molecular weight excluding hydrogens is 354 g/mol. The van der Waals surface area contributed by atoms with E-state index in [4.69, 9.17) is 4.74 Å². The average molecular weight is 388 g/mol. The van der Waals surface area contributed by atoms with E-state index in [9.17, 15) is 15.3 Å². The number of phenolic OH excluding ortho intramolecular Hbond substituents is 2. The number of phenols is 2. The van der Waals surface area contributed by atoms with Crippen molar-refractivity contribution in [2.75, 3.05) is 13.7 Å². The highest BCUT2D eigenvalue weighted by atomic mass is 16.5. The van der Waals surface area contributed by atoms with Gasteiger partial charge in [0.15, 0.2) is 11.5 Å². The van der Waals surface area contributed by atoms with Crippen LogP contribution in [-0.4, -0.2) is 34.5 Å². The lowest BCUT2D eigenvalue weighted by Crippen LogP contribution is -2.43. The highest BCUT2D eigenvalue weighted by molar-refractivity contribution is 5.54. The number of benzene rings is 2. The Labute approximate surface area is 168 Å². The summed E-state index contributed by atoms with van der Waals surface area (Å²) in [6.07, 6.45) is -0.0557. The molecular formula is C23H33NO4. The second-order valence-electron chi connectivity index (χ2n) is 8.25. The van der Waals surface area contributed by atoms with E-state index < -0.39 is 6.10 Å². The molecule has 0 amide bonds. The van der Waals surface area contributed by atoms with E-state index in [1.807, 2.05) is 0 Å². The van der Waals surface area contributed by atoms with E-state index in [2.05, 4.69) is 52.9 Å². The Morgan fingerprint density at radius 3 is 2.14 bits per heavy atom. The number of aliphatic hydroxyl groups excluding tert-OH is 1. The normalized spacial score (nSPS) is 12.9. The van der Waals surface area contributed by atoms with Crippen LogP contribution in [0, 0.1) is 27.7 Å². The summed E-state index contributed by atoms with van der Waals surface area (Å²) in [4.78, 5) is 0. The number of hydrogen-bond donors (Lipinski definition) is 4. The van der Waals surface area contributed by atoms with Crippen LogP contribution in [0.2, 0.25) is 0 Å². The zero-order valence-electron chi connectivity index (χ0n) is 18.0. The number of ether oxygens (including phenoxy) is 1. The van der Waals surface area contributed by atoms with Crippen LogP contribution in [0.1, 0.15) is 53.3 Å². The summed E-state index contributed by atoms with van der Waals surface area (Å²) < 4.78 is 5.17. The van der Waals surface area contributed by atoms with Crippen molar-refractivity contribution < 1.29 is 20.1 Å². The van der Waals surface area contributed by atoms with Crippen molar-refractivity contribution in [1.29, 1.82) is 0 Å². The van der Waals surface area contributed by atoms with E-state index in [0.29, 0.717) is 5.56 Å². The molecule has 0 heterocycles. The van der Waals surface area contributed by atoms with Crippen LogP contribution in [0.3, 0.4) is 0 Å². The highest BCUT2D eigenvalue weighted by Crippen LogP contribution is 2.40. The fourth-order valence-corrected chi connectivity index (χ4v) is 3.60. The van der Waals surface area contributed by atoms with Crippen molar-refractivity contribution in [1.82, 2.24) is 5.32 Å². The molecule has 0 bridgehead atoms. The van der Waals surface area contributed by atoms with Gasteiger partial charge in [-0.1, -0.05) is 6.07 Å². The lowest BCUT2D eigenvalue weighted by molar-refractivity contribution is 0.156. The number of nitrogens with one attached hydrogen (secondary N) is 1. The highest BCUT2D eigenvalue weighted by Gasteiger charge is 2.25. The standard InChI is InChI=1S/C23H33NO4/c1-13-10-14(2)16(4)18(15(13)3)11-23(5,6)24-12-20(26)17-8-9-19(25)21(27)22(17)28-7/h8-10,20,24-27H,11-12H2,1-7H3. The zero-order valence-corrected chi connectivity index (χ0v) is 18.0. The van der Waals surface area contributed by atoms with Crippen LogP contribution < -0.4 is 10.1 Å². The first-order valence-corrected chi connectivity index (χ1v) is 9.56. The first-order chi connectivity index (χ1) is 13.0. The summed E-state index contributed by atoms with van der Waals surface area (Å²) in [6.45, 7) is 13.1. The molecule has 0 saturated carbocycles. The Morgan fingerprint density at radius 1 is 1.04 bits per heavy atom. The van der Waals surface area contributed by atoms with Gasteiger partial charge < -0.3 is 25.4 Å². The minimum Gasteiger partial charge on any atom is -0.504 e. The second kappa shape index (κ2) is 8.41. The van der Waals surface area contributed by atoms with Gasteiger partial charge in [0, 0.05) is 17.6 Å². The molecule has 0 radical (unpaired) electrons. The minimum atomic E-state index is -0.887. The molecule has 0 saturated heterocycles. The number of rotatable bonds is 7. The molecule has 0 fully saturated rings. The molecule has 2 aromatic carbocycles. The molecule has 4 N–H and O–H groups in total. The number of methoxy groups -OCH3 is 1. The van der Waals surface area contributed by atoms with Gasteiger partial charge >= 0.3 is 0 Å². The summed E-state index contributed by atoms with van der Waals surface area (Å²) >= 11 is 0. The Balaban J connectivity index is 2.17. The van der Waals surface area contributed by atoms with Crippen molar-refractivity contribution in [3.05, 3.63) is 51.6 Å². The number of hydrogen-bond acceptors (Lipinski definition) is 5. The lowest BCUT2D eigenvalue weighted by Gasteiger charge is -2.30. The van der Waals surface area contributed by atoms with Gasteiger partial charge in [-0.3, -0.25) is 0 Å². The van der Waals surface area contributed by atoms with E-state index in [1.165, 1.54) is 41.0 Å². The third-order valence-corrected chi connectivity index (χ3v) is 5.62. The summed E-state index contributed by atoms with van der Waals surface area (Å²) in [5.74, 6) is -0.547. The molecule has 0 aliphatic heterocycles. The summed E-state index contributed by atoms with van der Waals surface area (Å²) in [5, 5.41) is 33.7. The Hall–Kier alpha value is -2.24. The van der Waals surface area contributed by atoms with Crippen LogP contribution in [-0.2, 0) is 6.42 Å². The van der Waals surface area contributed by atoms with Crippen LogP contribution in [0.4, 0.5) is 0 Å². The molecule has 28 heavy (non-hydrogen) atoms. The number of β-amino-alcohol motifs (C(OH)–C–C–N with tert-alkyl or cyclic N) is 1. The number of aromatic hydroxyl groups is 2. The van der Waals surface area contributed by atoms with E-state index >= 15 is 0 Å². The SMILES string of the molecule is COc1c(C(O)CNC(C)(C)Cc2c(C)c(C)cc(C)c2C)ccc(O)c1O. The summed E-state index contributed by atoms with van der Waals surface area (Å²) in [5.41, 5.74) is 6.72. The van der Waals surface area contributed by atoms with Gasteiger partial charge in [-0.15, -0.1) is 0 Å². The molecule has 1 atom stereocenters. The molecule has 0 aliphatic carbocycles.